The van der Waals surface area contributed by atoms with Gasteiger partial charge in [-0.2, -0.15) is 0 Å². The molecule has 0 bridgehead atoms. The highest BCUT2D eigenvalue weighted by molar-refractivity contribution is 5.89. The minimum absolute atomic E-state index is 0.295. The Balaban J connectivity index is 1.98. The van der Waals surface area contributed by atoms with Crippen molar-refractivity contribution in [2.24, 2.45) is 0 Å². The van der Waals surface area contributed by atoms with Crippen LogP contribution in [0.15, 0.2) is 42.5 Å². The quantitative estimate of drug-likeness (QED) is 0.681. The fourth-order valence-corrected chi connectivity index (χ4v) is 3.60. The van der Waals surface area contributed by atoms with Crippen molar-refractivity contribution >= 4 is 10.9 Å². The maximum atomic E-state index is 14.1. The predicted octanol–water partition coefficient (Wildman–Crippen LogP) is 4.81. The van der Waals surface area contributed by atoms with E-state index in [1.54, 1.807) is 12.1 Å². The van der Waals surface area contributed by atoms with Gasteiger partial charge in [-0.3, -0.25) is 0 Å². The molecule has 1 aromatic heterocycles. The van der Waals surface area contributed by atoms with Gasteiger partial charge in [0.25, 0.3) is 0 Å². The second kappa shape index (κ2) is 6.48. The van der Waals surface area contributed by atoms with Crippen LogP contribution in [0, 0.1) is 11.6 Å². The summed E-state index contributed by atoms with van der Waals surface area (Å²) in [6.07, 6.45) is 1.81. The smallest absolute Gasteiger partial charge is 0.131 e. The monoisotopic (exact) mass is 343 g/mol. The highest BCUT2D eigenvalue weighted by Gasteiger charge is 2.23. The molecule has 1 aliphatic rings. The number of aromatic nitrogens is 1. The molecule has 130 valence electrons. The Morgan fingerprint density at radius 3 is 2.40 bits per heavy atom. The summed E-state index contributed by atoms with van der Waals surface area (Å²) in [5.74, 6) is 0.157. The minimum atomic E-state index is -0.357. The van der Waals surface area contributed by atoms with E-state index in [4.69, 9.17) is 9.47 Å². The highest BCUT2D eigenvalue weighted by atomic mass is 19.1. The molecule has 4 rings (SSSR count). The van der Waals surface area contributed by atoms with E-state index < -0.39 is 0 Å². The molecule has 25 heavy (non-hydrogen) atoms. The molecule has 0 amide bonds. The average molecular weight is 343 g/mol. The second-order valence-corrected chi connectivity index (χ2v) is 6.31. The van der Waals surface area contributed by atoms with Crippen LogP contribution in [0.3, 0.4) is 0 Å². The van der Waals surface area contributed by atoms with Crippen molar-refractivity contribution in [2.45, 2.75) is 18.8 Å². The van der Waals surface area contributed by atoms with Crippen LogP contribution in [0.1, 0.15) is 24.5 Å². The van der Waals surface area contributed by atoms with Gasteiger partial charge in [0.2, 0.25) is 0 Å². The molecule has 0 unspecified atom stereocenters. The van der Waals surface area contributed by atoms with Crippen LogP contribution in [-0.4, -0.2) is 24.9 Å². The lowest BCUT2D eigenvalue weighted by molar-refractivity contribution is 0.0842. The Morgan fingerprint density at radius 1 is 1.00 bits per heavy atom. The number of halogens is 2. The predicted molar refractivity (Wildman–Crippen MR) is 92.5 cm³/mol. The van der Waals surface area contributed by atoms with Gasteiger partial charge >= 0.3 is 0 Å². The standard InChI is InChI=1S/C20H19F2NO2/c1-24-20-11-15(22)10-19-17(20)12-18(13-6-8-25-9-7-13)23(19)16-4-2-14(21)3-5-16/h2-5,10-13H,6-9H2,1H3. The minimum Gasteiger partial charge on any atom is -0.496 e. The molecule has 2 heterocycles. The van der Waals surface area contributed by atoms with E-state index in [-0.39, 0.29) is 11.6 Å². The summed E-state index contributed by atoms with van der Waals surface area (Å²) in [7, 11) is 1.54. The second-order valence-electron chi connectivity index (χ2n) is 6.31. The van der Waals surface area contributed by atoms with Crippen LogP contribution in [0.25, 0.3) is 16.6 Å². The van der Waals surface area contributed by atoms with Crippen molar-refractivity contribution in [3.05, 3.63) is 59.8 Å². The first-order chi connectivity index (χ1) is 12.2. The van der Waals surface area contributed by atoms with Crippen LogP contribution in [-0.2, 0) is 4.74 Å². The van der Waals surface area contributed by atoms with Crippen LogP contribution in [0.2, 0.25) is 0 Å². The number of nitrogens with zero attached hydrogens (tertiary/aromatic N) is 1. The average Bonchev–Trinajstić information content (AvgIpc) is 3.01. The highest BCUT2D eigenvalue weighted by Crippen LogP contribution is 2.38. The molecule has 3 aromatic rings. The molecule has 1 fully saturated rings. The number of rotatable bonds is 3. The van der Waals surface area contributed by atoms with E-state index in [1.165, 1.54) is 31.4 Å². The van der Waals surface area contributed by atoms with Gasteiger partial charge in [-0.1, -0.05) is 0 Å². The number of hydrogen-bond donors (Lipinski definition) is 0. The molecule has 0 saturated carbocycles. The third-order valence-corrected chi connectivity index (χ3v) is 4.82. The van der Waals surface area contributed by atoms with Gasteiger partial charge in [-0.05, 0) is 49.2 Å². The lowest BCUT2D eigenvalue weighted by atomic mass is 9.96. The van der Waals surface area contributed by atoms with E-state index in [0.717, 1.165) is 35.1 Å². The van der Waals surface area contributed by atoms with E-state index in [9.17, 15) is 8.78 Å². The van der Waals surface area contributed by atoms with E-state index in [1.807, 2.05) is 4.57 Å². The number of fused-ring (bicyclic) bond motifs is 1. The van der Waals surface area contributed by atoms with Crippen LogP contribution >= 0.6 is 0 Å². The first-order valence-electron chi connectivity index (χ1n) is 8.40. The topological polar surface area (TPSA) is 23.4 Å². The Hall–Kier alpha value is -2.40. The zero-order valence-corrected chi connectivity index (χ0v) is 14.0. The molecule has 1 saturated heterocycles. The van der Waals surface area contributed by atoms with Crippen molar-refractivity contribution in [3.63, 3.8) is 0 Å². The Bertz CT molecular complexity index is 896. The van der Waals surface area contributed by atoms with E-state index in [0.29, 0.717) is 24.9 Å². The molecule has 0 radical (unpaired) electrons. The lowest BCUT2D eigenvalue weighted by Crippen LogP contribution is -2.16. The molecular formula is C20H19F2NO2. The normalized spacial score (nSPS) is 15.6. The zero-order valence-electron chi connectivity index (χ0n) is 14.0. The lowest BCUT2D eigenvalue weighted by Gasteiger charge is -2.24. The SMILES string of the molecule is COc1cc(F)cc2c1cc(C1CCOCC1)n2-c1ccc(F)cc1. The van der Waals surface area contributed by atoms with Crippen molar-refractivity contribution < 1.29 is 18.3 Å². The van der Waals surface area contributed by atoms with E-state index in [2.05, 4.69) is 6.07 Å². The third kappa shape index (κ3) is 2.89. The maximum Gasteiger partial charge on any atom is 0.131 e. The Morgan fingerprint density at radius 2 is 1.72 bits per heavy atom. The number of hydrogen-bond acceptors (Lipinski definition) is 2. The zero-order chi connectivity index (χ0) is 17.4. The summed E-state index contributed by atoms with van der Waals surface area (Å²) >= 11 is 0. The van der Waals surface area contributed by atoms with Gasteiger partial charge < -0.3 is 14.0 Å². The van der Waals surface area contributed by atoms with Crippen molar-refractivity contribution in [1.82, 2.24) is 4.57 Å². The summed E-state index contributed by atoms with van der Waals surface area (Å²) in [6.45, 7) is 1.42. The van der Waals surface area contributed by atoms with Gasteiger partial charge in [0.05, 0.1) is 12.6 Å². The Labute approximate surface area is 144 Å². The summed E-state index contributed by atoms with van der Waals surface area (Å²) < 4.78 is 40.4. The summed E-state index contributed by atoms with van der Waals surface area (Å²) in [5, 5.41) is 0.856. The molecule has 0 aliphatic carbocycles. The Kier molecular flexibility index (Phi) is 4.17. The molecule has 0 N–H and O–H groups in total. The maximum absolute atomic E-state index is 14.1. The van der Waals surface area contributed by atoms with Crippen molar-refractivity contribution in [1.29, 1.82) is 0 Å². The van der Waals surface area contributed by atoms with Gasteiger partial charge in [-0.15, -0.1) is 0 Å². The molecule has 5 heteroatoms. The summed E-state index contributed by atoms with van der Waals surface area (Å²) in [4.78, 5) is 0. The molecule has 1 aliphatic heterocycles. The third-order valence-electron chi connectivity index (χ3n) is 4.82. The first kappa shape index (κ1) is 16.1. The number of benzene rings is 2. The molecule has 0 spiro atoms. The summed E-state index contributed by atoms with van der Waals surface area (Å²) in [6, 6.07) is 11.2. The fraction of sp³-hybridized carbons (Fsp3) is 0.300. The fourth-order valence-electron chi connectivity index (χ4n) is 3.60. The molecule has 0 atom stereocenters. The van der Waals surface area contributed by atoms with Gasteiger partial charge in [0.1, 0.15) is 17.4 Å². The van der Waals surface area contributed by atoms with Crippen LogP contribution in [0.5, 0.6) is 5.75 Å². The molecular weight excluding hydrogens is 324 g/mol. The van der Waals surface area contributed by atoms with Gasteiger partial charge in [-0.25, -0.2) is 8.78 Å². The number of methoxy groups -OCH3 is 1. The number of ether oxygens (including phenoxy) is 2. The van der Waals surface area contributed by atoms with Gasteiger partial charge in [0, 0.05) is 42.0 Å². The largest absolute Gasteiger partial charge is 0.496 e. The molecule has 2 aromatic carbocycles. The molecule has 3 nitrogen and oxygen atoms in total. The van der Waals surface area contributed by atoms with Crippen molar-refractivity contribution in [3.8, 4) is 11.4 Å². The van der Waals surface area contributed by atoms with E-state index >= 15 is 0 Å². The first-order valence-corrected chi connectivity index (χ1v) is 8.40. The van der Waals surface area contributed by atoms with Crippen LogP contribution in [0.4, 0.5) is 8.78 Å². The summed E-state index contributed by atoms with van der Waals surface area (Å²) in [5.41, 5.74) is 2.62. The van der Waals surface area contributed by atoms with Gasteiger partial charge in [0.15, 0.2) is 0 Å². The van der Waals surface area contributed by atoms with Crippen molar-refractivity contribution in [2.75, 3.05) is 20.3 Å². The van der Waals surface area contributed by atoms with Crippen LogP contribution < -0.4 is 4.74 Å².